The second-order valence-corrected chi connectivity index (χ2v) is 4.04. The van der Waals surface area contributed by atoms with Crippen LogP contribution in [0.3, 0.4) is 0 Å². The van der Waals surface area contributed by atoms with E-state index >= 15 is 0 Å². The average molecular weight is 209 g/mol. The molecule has 82 valence electrons. The highest BCUT2D eigenvalue weighted by molar-refractivity contribution is 5.87. The number of hydrogen-bond acceptors (Lipinski definition) is 2. The molecular formula is C10H15N3O2. The van der Waals surface area contributed by atoms with Gasteiger partial charge in [-0.25, -0.2) is 4.79 Å². The molecule has 5 heteroatoms. The number of carbonyl (C=O) groups is 2. The minimum atomic E-state index is -0.178. The molecule has 15 heavy (non-hydrogen) atoms. The lowest BCUT2D eigenvalue weighted by molar-refractivity contribution is -0.118. The van der Waals surface area contributed by atoms with E-state index in [4.69, 9.17) is 0 Å². The molecule has 1 aliphatic carbocycles. The molecule has 1 heterocycles. The number of nitrogens with one attached hydrogen (secondary N) is 2. The van der Waals surface area contributed by atoms with Crippen LogP contribution >= 0.6 is 0 Å². The first-order valence-electron chi connectivity index (χ1n) is 5.17. The van der Waals surface area contributed by atoms with Gasteiger partial charge in [-0.3, -0.25) is 4.79 Å². The molecule has 0 atom stereocenters. The molecule has 0 aromatic heterocycles. The molecule has 1 aliphatic heterocycles. The van der Waals surface area contributed by atoms with Gasteiger partial charge in [-0.2, -0.15) is 0 Å². The lowest BCUT2D eigenvalue weighted by atomic mass is 10.1. The fraction of sp³-hybridized carbons (Fsp3) is 0.600. The lowest BCUT2D eigenvalue weighted by Crippen LogP contribution is -2.62. The zero-order valence-corrected chi connectivity index (χ0v) is 8.53. The van der Waals surface area contributed by atoms with Crippen molar-refractivity contribution in [3.8, 4) is 0 Å². The first-order valence-corrected chi connectivity index (χ1v) is 5.17. The number of likely N-dealkylation sites (tertiary alicyclic amines) is 1. The number of nitrogens with zero attached hydrogens (tertiary/aromatic N) is 1. The minimum absolute atomic E-state index is 0.0124. The maximum Gasteiger partial charge on any atom is 0.317 e. The zero-order chi connectivity index (χ0) is 10.8. The van der Waals surface area contributed by atoms with E-state index in [2.05, 4.69) is 17.2 Å². The van der Waals surface area contributed by atoms with Crippen LogP contribution < -0.4 is 10.6 Å². The number of amides is 3. The SMILES string of the molecule is C=CC(=O)NC1CN(C(=O)NC2CC2)C1. The minimum Gasteiger partial charge on any atom is -0.346 e. The summed E-state index contributed by atoms with van der Waals surface area (Å²) in [5.41, 5.74) is 0. The fourth-order valence-electron chi connectivity index (χ4n) is 1.49. The highest BCUT2D eigenvalue weighted by Crippen LogP contribution is 2.19. The molecule has 0 bridgehead atoms. The van der Waals surface area contributed by atoms with Crippen molar-refractivity contribution in [3.63, 3.8) is 0 Å². The molecule has 2 aliphatic rings. The van der Waals surface area contributed by atoms with E-state index in [1.54, 1.807) is 4.90 Å². The Morgan fingerprint density at radius 2 is 1.87 bits per heavy atom. The van der Waals surface area contributed by atoms with Gasteiger partial charge in [0.15, 0.2) is 0 Å². The third-order valence-corrected chi connectivity index (χ3v) is 2.61. The number of urea groups is 1. The number of hydrogen-bond donors (Lipinski definition) is 2. The maximum absolute atomic E-state index is 11.5. The Kier molecular flexibility index (Phi) is 2.62. The van der Waals surface area contributed by atoms with Crippen LogP contribution in [0.5, 0.6) is 0 Å². The van der Waals surface area contributed by atoms with Crippen molar-refractivity contribution >= 4 is 11.9 Å². The molecule has 0 spiro atoms. The largest absolute Gasteiger partial charge is 0.346 e. The van der Waals surface area contributed by atoms with Gasteiger partial charge in [0.1, 0.15) is 0 Å². The average Bonchev–Trinajstić information content (AvgIpc) is 2.93. The van der Waals surface area contributed by atoms with E-state index in [-0.39, 0.29) is 18.0 Å². The van der Waals surface area contributed by atoms with Crippen LogP contribution in [-0.4, -0.2) is 42.0 Å². The predicted molar refractivity (Wildman–Crippen MR) is 55.3 cm³/mol. The molecule has 3 amide bonds. The Balaban J connectivity index is 1.65. The molecule has 0 radical (unpaired) electrons. The van der Waals surface area contributed by atoms with Crippen LogP contribution in [0, 0.1) is 0 Å². The highest BCUT2D eigenvalue weighted by atomic mass is 16.2. The molecular weight excluding hydrogens is 194 g/mol. The lowest BCUT2D eigenvalue weighted by Gasteiger charge is -2.39. The van der Waals surface area contributed by atoms with E-state index in [0.717, 1.165) is 12.8 Å². The summed E-state index contributed by atoms with van der Waals surface area (Å²) in [4.78, 5) is 24.1. The molecule has 2 N–H and O–H groups in total. The van der Waals surface area contributed by atoms with Crippen LogP contribution in [-0.2, 0) is 4.79 Å². The smallest absolute Gasteiger partial charge is 0.317 e. The summed E-state index contributed by atoms with van der Waals surface area (Å²) < 4.78 is 0. The van der Waals surface area contributed by atoms with Crippen LogP contribution in [0.4, 0.5) is 4.79 Å². The van der Waals surface area contributed by atoms with Crippen LogP contribution in [0.1, 0.15) is 12.8 Å². The molecule has 1 saturated carbocycles. The molecule has 0 aromatic carbocycles. The molecule has 2 rings (SSSR count). The van der Waals surface area contributed by atoms with Gasteiger partial charge >= 0.3 is 6.03 Å². The predicted octanol–water partition coefficient (Wildman–Crippen LogP) is -0.155. The molecule has 2 fully saturated rings. The van der Waals surface area contributed by atoms with Crippen LogP contribution in [0.25, 0.3) is 0 Å². The summed E-state index contributed by atoms with van der Waals surface area (Å²) in [5, 5.41) is 5.64. The molecule has 0 aromatic rings. The van der Waals surface area contributed by atoms with Gasteiger partial charge in [-0.15, -0.1) is 0 Å². The molecule has 1 saturated heterocycles. The Labute approximate surface area is 88.5 Å². The van der Waals surface area contributed by atoms with E-state index < -0.39 is 0 Å². The fourth-order valence-corrected chi connectivity index (χ4v) is 1.49. The molecule has 5 nitrogen and oxygen atoms in total. The van der Waals surface area contributed by atoms with Crippen molar-refractivity contribution in [1.29, 1.82) is 0 Å². The normalized spacial score (nSPS) is 20.4. The van der Waals surface area contributed by atoms with Gasteiger partial charge in [0.05, 0.1) is 6.04 Å². The van der Waals surface area contributed by atoms with E-state index in [9.17, 15) is 9.59 Å². The van der Waals surface area contributed by atoms with Crippen molar-refractivity contribution in [2.75, 3.05) is 13.1 Å². The third-order valence-electron chi connectivity index (χ3n) is 2.61. The first-order chi connectivity index (χ1) is 7.19. The van der Waals surface area contributed by atoms with Gasteiger partial charge in [-0.1, -0.05) is 6.58 Å². The first kappa shape index (κ1) is 10.0. The quantitative estimate of drug-likeness (QED) is 0.635. The summed E-state index contributed by atoms with van der Waals surface area (Å²) in [6, 6.07) is 0.460. The van der Waals surface area contributed by atoms with Crippen molar-refractivity contribution in [3.05, 3.63) is 12.7 Å². The van der Waals surface area contributed by atoms with Gasteiger partial charge in [0, 0.05) is 19.1 Å². The standard InChI is InChI=1S/C10H15N3O2/c1-2-9(14)11-8-5-13(6-8)10(15)12-7-3-4-7/h2,7-8H,1,3-6H2,(H,11,14)(H,12,15). The Bertz CT molecular complexity index is 293. The number of rotatable bonds is 3. The zero-order valence-electron chi connectivity index (χ0n) is 8.53. The van der Waals surface area contributed by atoms with Gasteiger partial charge < -0.3 is 15.5 Å². The second-order valence-electron chi connectivity index (χ2n) is 4.04. The highest BCUT2D eigenvalue weighted by Gasteiger charge is 2.33. The summed E-state index contributed by atoms with van der Waals surface area (Å²) in [6.07, 6.45) is 3.43. The van der Waals surface area contributed by atoms with Gasteiger partial charge in [0.25, 0.3) is 0 Å². The topological polar surface area (TPSA) is 61.4 Å². The van der Waals surface area contributed by atoms with Crippen molar-refractivity contribution in [2.45, 2.75) is 24.9 Å². The van der Waals surface area contributed by atoms with Crippen molar-refractivity contribution in [1.82, 2.24) is 15.5 Å². The van der Waals surface area contributed by atoms with Crippen LogP contribution in [0.15, 0.2) is 12.7 Å². The Hall–Kier alpha value is -1.52. The maximum atomic E-state index is 11.5. The van der Waals surface area contributed by atoms with Crippen LogP contribution in [0.2, 0.25) is 0 Å². The van der Waals surface area contributed by atoms with Gasteiger partial charge in [0.2, 0.25) is 5.91 Å². The summed E-state index contributed by atoms with van der Waals surface area (Å²) >= 11 is 0. The van der Waals surface area contributed by atoms with Crippen molar-refractivity contribution < 1.29 is 9.59 Å². The molecule has 0 unspecified atom stereocenters. The summed E-state index contributed by atoms with van der Waals surface area (Å²) in [5.74, 6) is -0.178. The van der Waals surface area contributed by atoms with Gasteiger partial charge in [-0.05, 0) is 18.9 Å². The Morgan fingerprint density at radius 1 is 1.20 bits per heavy atom. The van der Waals surface area contributed by atoms with E-state index in [1.165, 1.54) is 6.08 Å². The van der Waals surface area contributed by atoms with E-state index in [1.807, 2.05) is 0 Å². The third kappa shape index (κ3) is 2.49. The van der Waals surface area contributed by atoms with E-state index in [0.29, 0.717) is 19.1 Å². The number of carbonyl (C=O) groups excluding carboxylic acids is 2. The summed E-state index contributed by atoms with van der Waals surface area (Å²) in [7, 11) is 0. The second kappa shape index (κ2) is 3.92. The monoisotopic (exact) mass is 209 g/mol. The Morgan fingerprint density at radius 3 is 2.40 bits per heavy atom. The van der Waals surface area contributed by atoms with Crippen molar-refractivity contribution in [2.24, 2.45) is 0 Å². The summed E-state index contributed by atoms with van der Waals surface area (Å²) in [6.45, 7) is 4.56.